The Bertz CT molecular complexity index is 713. The van der Waals surface area contributed by atoms with E-state index in [4.69, 9.17) is 0 Å². The number of hydrogen-bond acceptors (Lipinski definition) is 3. The van der Waals surface area contributed by atoms with Gasteiger partial charge in [0.05, 0.1) is 0 Å². The second-order valence-electron chi connectivity index (χ2n) is 6.49. The van der Waals surface area contributed by atoms with Crippen molar-refractivity contribution in [2.75, 3.05) is 18.4 Å². The number of anilines is 1. The fourth-order valence-electron chi connectivity index (χ4n) is 3.25. The summed E-state index contributed by atoms with van der Waals surface area (Å²) in [5, 5.41) is 13.5. The van der Waals surface area contributed by atoms with E-state index in [0.29, 0.717) is 18.9 Å². The Balaban J connectivity index is 1.64. The standard InChI is InChI=1S/C18H24N4O2/c1-13-5-3-7-15(11-13)20-18(24)22-9-4-6-14(12-22)16(23)17-19-8-10-21(17)2/h3,5,7-8,10-11,14,16,23H,4,6,9,12H2,1-2H3,(H,20,24). The largest absolute Gasteiger partial charge is 0.385 e. The van der Waals surface area contributed by atoms with Crippen LogP contribution in [-0.4, -0.2) is 38.7 Å². The van der Waals surface area contributed by atoms with E-state index in [0.717, 1.165) is 24.1 Å². The van der Waals surface area contributed by atoms with Crippen LogP contribution in [0.2, 0.25) is 0 Å². The Kier molecular flexibility index (Phi) is 4.85. The molecule has 2 N–H and O–H groups in total. The van der Waals surface area contributed by atoms with E-state index in [1.165, 1.54) is 0 Å². The fourth-order valence-corrected chi connectivity index (χ4v) is 3.25. The van der Waals surface area contributed by atoms with E-state index < -0.39 is 6.10 Å². The summed E-state index contributed by atoms with van der Waals surface area (Å²) in [4.78, 5) is 18.5. The lowest BCUT2D eigenvalue weighted by Gasteiger charge is -2.34. The zero-order valence-electron chi connectivity index (χ0n) is 14.1. The molecule has 0 saturated carbocycles. The maximum Gasteiger partial charge on any atom is 0.321 e. The lowest BCUT2D eigenvalue weighted by molar-refractivity contribution is 0.0552. The minimum Gasteiger partial charge on any atom is -0.385 e. The van der Waals surface area contributed by atoms with E-state index in [-0.39, 0.29) is 11.9 Å². The van der Waals surface area contributed by atoms with Crippen LogP contribution in [0.5, 0.6) is 0 Å². The molecule has 1 aromatic carbocycles. The molecule has 1 fully saturated rings. The van der Waals surface area contributed by atoms with Gasteiger partial charge in [-0.2, -0.15) is 0 Å². The molecule has 6 nitrogen and oxygen atoms in total. The average molecular weight is 328 g/mol. The van der Waals surface area contributed by atoms with Crippen LogP contribution in [0.15, 0.2) is 36.7 Å². The number of urea groups is 1. The minimum absolute atomic E-state index is 0.00288. The summed E-state index contributed by atoms with van der Waals surface area (Å²) in [5.74, 6) is 0.657. The molecule has 2 aromatic rings. The summed E-state index contributed by atoms with van der Waals surface area (Å²) >= 11 is 0. The smallest absolute Gasteiger partial charge is 0.321 e. The van der Waals surface area contributed by atoms with Crippen molar-refractivity contribution in [1.29, 1.82) is 0 Å². The maximum atomic E-state index is 12.5. The number of aliphatic hydroxyl groups excluding tert-OH is 1. The highest BCUT2D eigenvalue weighted by Gasteiger charge is 2.31. The Morgan fingerprint density at radius 1 is 1.46 bits per heavy atom. The van der Waals surface area contributed by atoms with Crippen molar-refractivity contribution >= 4 is 11.7 Å². The molecule has 0 radical (unpaired) electrons. The van der Waals surface area contributed by atoms with Crippen LogP contribution in [-0.2, 0) is 7.05 Å². The van der Waals surface area contributed by atoms with Crippen molar-refractivity contribution in [3.63, 3.8) is 0 Å². The van der Waals surface area contributed by atoms with Gasteiger partial charge in [-0.25, -0.2) is 9.78 Å². The summed E-state index contributed by atoms with van der Waals surface area (Å²) in [6.45, 7) is 3.24. The van der Waals surface area contributed by atoms with E-state index in [9.17, 15) is 9.90 Å². The molecular formula is C18H24N4O2. The summed E-state index contributed by atoms with van der Waals surface area (Å²) in [6, 6.07) is 7.64. The highest BCUT2D eigenvalue weighted by molar-refractivity contribution is 5.89. The van der Waals surface area contributed by atoms with Crippen LogP contribution in [0.1, 0.15) is 30.3 Å². The summed E-state index contributed by atoms with van der Waals surface area (Å²) in [6.07, 6.45) is 4.63. The van der Waals surface area contributed by atoms with Crippen LogP contribution < -0.4 is 5.32 Å². The molecule has 128 valence electrons. The van der Waals surface area contributed by atoms with Crippen LogP contribution in [0.3, 0.4) is 0 Å². The van der Waals surface area contributed by atoms with Crippen LogP contribution in [0.25, 0.3) is 0 Å². The first-order valence-corrected chi connectivity index (χ1v) is 8.32. The van der Waals surface area contributed by atoms with Gasteiger partial charge >= 0.3 is 6.03 Å². The number of imidazole rings is 1. The number of rotatable bonds is 3. The number of hydrogen-bond donors (Lipinski definition) is 2. The number of aromatic nitrogens is 2. The first kappa shape index (κ1) is 16.5. The van der Waals surface area contributed by atoms with Gasteiger partial charge in [-0.3, -0.25) is 0 Å². The Morgan fingerprint density at radius 3 is 3.00 bits per heavy atom. The van der Waals surface area contributed by atoms with Gasteiger partial charge in [0, 0.05) is 44.1 Å². The van der Waals surface area contributed by atoms with Crippen molar-refractivity contribution in [2.45, 2.75) is 25.9 Å². The molecule has 2 unspecified atom stereocenters. The van der Waals surface area contributed by atoms with Gasteiger partial charge in [-0.15, -0.1) is 0 Å². The van der Waals surface area contributed by atoms with Gasteiger partial charge in [-0.1, -0.05) is 12.1 Å². The molecule has 1 aliphatic rings. The normalized spacial score (nSPS) is 19.1. The molecule has 1 aliphatic heterocycles. The molecule has 3 rings (SSSR count). The van der Waals surface area contributed by atoms with Gasteiger partial charge in [0.2, 0.25) is 0 Å². The zero-order valence-corrected chi connectivity index (χ0v) is 14.1. The molecule has 24 heavy (non-hydrogen) atoms. The third-order valence-corrected chi connectivity index (χ3v) is 4.58. The molecule has 1 saturated heterocycles. The Labute approximate surface area is 142 Å². The Hall–Kier alpha value is -2.34. The van der Waals surface area contributed by atoms with E-state index in [1.807, 2.05) is 49.0 Å². The first-order chi connectivity index (χ1) is 11.5. The summed E-state index contributed by atoms with van der Waals surface area (Å²) in [5.41, 5.74) is 1.90. The summed E-state index contributed by atoms with van der Waals surface area (Å²) in [7, 11) is 1.87. The predicted molar refractivity (Wildman–Crippen MR) is 92.7 cm³/mol. The number of piperidine rings is 1. The number of likely N-dealkylation sites (tertiary alicyclic amines) is 1. The van der Waals surface area contributed by atoms with Crippen LogP contribution in [0.4, 0.5) is 10.5 Å². The van der Waals surface area contributed by atoms with E-state index >= 15 is 0 Å². The zero-order chi connectivity index (χ0) is 17.1. The predicted octanol–water partition coefficient (Wildman–Crippen LogP) is 2.71. The molecule has 2 amide bonds. The molecule has 1 aromatic heterocycles. The van der Waals surface area contributed by atoms with Crippen LogP contribution in [0, 0.1) is 12.8 Å². The second kappa shape index (κ2) is 7.05. The molecular weight excluding hydrogens is 304 g/mol. The Morgan fingerprint density at radius 2 is 2.29 bits per heavy atom. The van der Waals surface area contributed by atoms with Gasteiger partial charge < -0.3 is 19.9 Å². The topological polar surface area (TPSA) is 70.4 Å². The fraction of sp³-hybridized carbons (Fsp3) is 0.444. The lowest BCUT2D eigenvalue weighted by atomic mass is 9.92. The first-order valence-electron chi connectivity index (χ1n) is 8.32. The van der Waals surface area contributed by atoms with Crippen molar-refractivity contribution in [3.05, 3.63) is 48.0 Å². The van der Waals surface area contributed by atoms with Crippen molar-refractivity contribution in [3.8, 4) is 0 Å². The number of aryl methyl sites for hydroxylation is 2. The highest BCUT2D eigenvalue weighted by atomic mass is 16.3. The lowest BCUT2D eigenvalue weighted by Crippen LogP contribution is -2.44. The van der Waals surface area contributed by atoms with Crippen molar-refractivity contribution < 1.29 is 9.90 Å². The van der Waals surface area contributed by atoms with Crippen molar-refractivity contribution in [2.24, 2.45) is 13.0 Å². The average Bonchev–Trinajstić information content (AvgIpc) is 3.00. The number of nitrogens with one attached hydrogen (secondary N) is 1. The quantitative estimate of drug-likeness (QED) is 0.910. The van der Waals surface area contributed by atoms with Gasteiger partial charge in [0.15, 0.2) is 0 Å². The summed E-state index contributed by atoms with van der Waals surface area (Å²) < 4.78 is 1.83. The molecule has 0 spiro atoms. The minimum atomic E-state index is -0.653. The van der Waals surface area contributed by atoms with Gasteiger partial charge in [-0.05, 0) is 37.5 Å². The number of aliphatic hydroxyl groups is 1. The number of amides is 2. The number of carbonyl (C=O) groups excluding carboxylic acids is 1. The molecule has 0 aliphatic carbocycles. The monoisotopic (exact) mass is 328 g/mol. The number of nitrogens with zero attached hydrogens (tertiary/aromatic N) is 3. The maximum absolute atomic E-state index is 12.5. The third-order valence-electron chi connectivity index (χ3n) is 4.58. The van der Waals surface area contributed by atoms with E-state index in [2.05, 4.69) is 10.3 Å². The number of carbonyl (C=O) groups is 1. The second-order valence-corrected chi connectivity index (χ2v) is 6.49. The number of benzene rings is 1. The molecule has 2 atom stereocenters. The molecule has 6 heteroatoms. The van der Waals surface area contributed by atoms with E-state index in [1.54, 1.807) is 11.1 Å². The van der Waals surface area contributed by atoms with Crippen LogP contribution >= 0.6 is 0 Å². The SMILES string of the molecule is Cc1cccc(NC(=O)N2CCCC(C(O)c3nccn3C)C2)c1. The highest BCUT2D eigenvalue weighted by Crippen LogP contribution is 2.29. The molecule has 0 bridgehead atoms. The third kappa shape index (κ3) is 3.59. The van der Waals surface area contributed by atoms with Crippen molar-refractivity contribution in [1.82, 2.24) is 14.5 Å². The molecule has 2 heterocycles. The van der Waals surface area contributed by atoms with Gasteiger partial charge in [0.25, 0.3) is 0 Å². The van der Waals surface area contributed by atoms with Gasteiger partial charge in [0.1, 0.15) is 11.9 Å².